The van der Waals surface area contributed by atoms with Gasteiger partial charge in [0.1, 0.15) is 0 Å². The number of hydrogen-bond acceptors (Lipinski definition) is 5. The molecule has 110 valence electrons. The van der Waals surface area contributed by atoms with Crippen molar-refractivity contribution >= 4 is 11.6 Å². The molecule has 0 aromatic heterocycles. The molecule has 2 N–H and O–H groups in total. The zero-order valence-electron chi connectivity index (χ0n) is 11.6. The minimum absolute atomic E-state index is 0.101. The van der Waals surface area contributed by atoms with Crippen molar-refractivity contribution in [3.63, 3.8) is 0 Å². The monoisotopic (exact) mass is 280 g/mol. The van der Waals surface area contributed by atoms with Gasteiger partial charge in [-0.05, 0) is 12.1 Å². The molecule has 1 amide bonds. The molecule has 0 fully saturated rings. The SMILES string of the molecule is COCCNCC(=O)Nc1ccc2c(c1)OCCCO2. The highest BCUT2D eigenvalue weighted by Crippen LogP contribution is 2.32. The quantitative estimate of drug-likeness (QED) is 0.762. The zero-order valence-corrected chi connectivity index (χ0v) is 11.6. The number of benzene rings is 1. The van der Waals surface area contributed by atoms with Crippen LogP contribution in [-0.4, -0.2) is 45.9 Å². The van der Waals surface area contributed by atoms with Gasteiger partial charge in [-0.2, -0.15) is 0 Å². The van der Waals surface area contributed by atoms with Crippen LogP contribution in [0.2, 0.25) is 0 Å². The molecule has 2 rings (SSSR count). The van der Waals surface area contributed by atoms with Crippen molar-refractivity contribution in [2.45, 2.75) is 6.42 Å². The molecule has 1 aliphatic heterocycles. The van der Waals surface area contributed by atoms with Gasteiger partial charge < -0.3 is 24.8 Å². The average molecular weight is 280 g/mol. The molecule has 0 bridgehead atoms. The maximum Gasteiger partial charge on any atom is 0.238 e. The highest BCUT2D eigenvalue weighted by atomic mass is 16.5. The number of carbonyl (C=O) groups is 1. The van der Waals surface area contributed by atoms with Crippen molar-refractivity contribution in [1.82, 2.24) is 5.32 Å². The fourth-order valence-corrected chi connectivity index (χ4v) is 1.82. The Labute approximate surface area is 118 Å². The molecule has 1 aromatic rings. The molecule has 1 aliphatic rings. The highest BCUT2D eigenvalue weighted by Gasteiger charge is 2.11. The molecule has 1 heterocycles. The van der Waals surface area contributed by atoms with E-state index >= 15 is 0 Å². The number of methoxy groups -OCH3 is 1. The summed E-state index contributed by atoms with van der Waals surface area (Å²) < 4.78 is 16.0. The second kappa shape index (κ2) is 7.72. The fourth-order valence-electron chi connectivity index (χ4n) is 1.82. The molecule has 6 heteroatoms. The summed E-state index contributed by atoms with van der Waals surface area (Å²) in [5.41, 5.74) is 0.702. The van der Waals surface area contributed by atoms with E-state index in [-0.39, 0.29) is 12.5 Å². The Morgan fingerprint density at radius 1 is 1.30 bits per heavy atom. The Balaban J connectivity index is 1.86. The molecule has 0 spiro atoms. The van der Waals surface area contributed by atoms with Gasteiger partial charge in [-0.3, -0.25) is 4.79 Å². The molecule has 0 aliphatic carbocycles. The number of hydrogen-bond donors (Lipinski definition) is 2. The summed E-state index contributed by atoms with van der Waals surface area (Å²) in [5.74, 6) is 1.29. The molecule has 0 unspecified atom stereocenters. The Bertz CT molecular complexity index is 451. The second-order valence-electron chi connectivity index (χ2n) is 4.43. The zero-order chi connectivity index (χ0) is 14.2. The molecule has 0 radical (unpaired) electrons. The standard InChI is InChI=1S/C14H20N2O4/c1-18-8-5-15-10-14(17)16-11-3-4-12-13(9-11)20-7-2-6-19-12/h3-4,9,15H,2,5-8,10H2,1H3,(H,16,17). The van der Waals surface area contributed by atoms with Gasteiger partial charge in [0.2, 0.25) is 5.91 Å². The molecular formula is C14H20N2O4. The van der Waals surface area contributed by atoms with E-state index in [2.05, 4.69) is 10.6 Å². The van der Waals surface area contributed by atoms with Crippen LogP contribution in [-0.2, 0) is 9.53 Å². The Hall–Kier alpha value is -1.79. The third kappa shape index (κ3) is 4.40. The largest absolute Gasteiger partial charge is 0.490 e. The van der Waals surface area contributed by atoms with E-state index in [0.29, 0.717) is 37.8 Å². The molecule has 0 saturated heterocycles. The van der Waals surface area contributed by atoms with Crippen LogP contribution in [0.15, 0.2) is 18.2 Å². The molecular weight excluding hydrogens is 260 g/mol. The normalized spacial score (nSPS) is 13.7. The summed E-state index contributed by atoms with van der Waals surface area (Å²) in [6.45, 7) is 2.76. The van der Waals surface area contributed by atoms with E-state index in [1.165, 1.54) is 0 Å². The van der Waals surface area contributed by atoms with E-state index < -0.39 is 0 Å². The van der Waals surface area contributed by atoms with Gasteiger partial charge in [0.25, 0.3) is 0 Å². The number of carbonyl (C=O) groups excluding carboxylic acids is 1. The first kappa shape index (κ1) is 14.6. The summed E-state index contributed by atoms with van der Waals surface area (Å²) in [6, 6.07) is 5.41. The lowest BCUT2D eigenvalue weighted by Crippen LogP contribution is -2.30. The summed E-state index contributed by atoms with van der Waals surface area (Å²) in [5, 5.41) is 5.80. The van der Waals surface area contributed by atoms with Crippen molar-refractivity contribution < 1.29 is 19.0 Å². The van der Waals surface area contributed by atoms with Crippen molar-refractivity contribution in [1.29, 1.82) is 0 Å². The van der Waals surface area contributed by atoms with Crippen LogP contribution >= 0.6 is 0 Å². The molecule has 20 heavy (non-hydrogen) atoms. The summed E-state index contributed by atoms with van der Waals surface area (Å²) >= 11 is 0. The van der Waals surface area contributed by atoms with Gasteiger partial charge in [-0.25, -0.2) is 0 Å². The maximum atomic E-state index is 11.7. The number of rotatable bonds is 6. The number of nitrogens with one attached hydrogen (secondary N) is 2. The predicted molar refractivity (Wildman–Crippen MR) is 75.4 cm³/mol. The predicted octanol–water partition coefficient (Wildman–Crippen LogP) is 1.02. The van der Waals surface area contributed by atoms with Crippen molar-refractivity contribution in [2.75, 3.05) is 45.3 Å². The van der Waals surface area contributed by atoms with E-state index in [0.717, 1.165) is 12.2 Å². The van der Waals surface area contributed by atoms with Crippen LogP contribution < -0.4 is 20.1 Å². The maximum absolute atomic E-state index is 11.7. The number of amides is 1. The lowest BCUT2D eigenvalue weighted by Gasteiger charge is -2.10. The van der Waals surface area contributed by atoms with Gasteiger partial charge >= 0.3 is 0 Å². The van der Waals surface area contributed by atoms with Gasteiger partial charge in [0, 0.05) is 31.8 Å². The minimum Gasteiger partial charge on any atom is -0.490 e. The van der Waals surface area contributed by atoms with Gasteiger partial charge in [0.05, 0.1) is 26.4 Å². The smallest absolute Gasteiger partial charge is 0.238 e. The van der Waals surface area contributed by atoms with Gasteiger partial charge in [-0.1, -0.05) is 0 Å². The van der Waals surface area contributed by atoms with E-state index in [9.17, 15) is 4.79 Å². The van der Waals surface area contributed by atoms with E-state index in [4.69, 9.17) is 14.2 Å². The topological polar surface area (TPSA) is 68.8 Å². The lowest BCUT2D eigenvalue weighted by atomic mass is 10.2. The van der Waals surface area contributed by atoms with Gasteiger partial charge in [0.15, 0.2) is 11.5 Å². The van der Waals surface area contributed by atoms with Crippen LogP contribution in [0.3, 0.4) is 0 Å². The third-order valence-electron chi connectivity index (χ3n) is 2.80. The summed E-state index contributed by atoms with van der Waals surface area (Å²) in [4.78, 5) is 11.7. The third-order valence-corrected chi connectivity index (χ3v) is 2.80. The first-order valence-electron chi connectivity index (χ1n) is 6.69. The first-order valence-corrected chi connectivity index (χ1v) is 6.69. The molecule has 0 atom stereocenters. The minimum atomic E-state index is -0.101. The first-order chi connectivity index (χ1) is 9.79. The number of ether oxygens (including phenoxy) is 3. The Morgan fingerprint density at radius 3 is 2.90 bits per heavy atom. The number of anilines is 1. The number of fused-ring (bicyclic) bond motifs is 1. The van der Waals surface area contributed by atoms with Crippen LogP contribution in [0.5, 0.6) is 11.5 Å². The summed E-state index contributed by atoms with van der Waals surface area (Å²) in [6.07, 6.45) is 0.861. The summed E-state index contributed by atoms with van der Waals surface area (Å²) in [7, 11) is 1.62. The Morgan fingerprint density at radius 2 is 2.10 bits per heavy atom. The molecule has 0 saturated carbocycles. The second-order valence-corrected chi connectivity index (χ2v) is 4.43. The van der Waals surface area contributed by atoms with Crippen LogP contribution in [0.1, 0.15) is 6.42 Å². The van der Waals surface area contributed by atoms with Crippen LogP contribution in [0, 0.1) is 0 Å². The average Bonchev–Trinajstić information content (AvgIpc) is 2.68. The van der Waals surface area contributed by atoms with Gasteiger partial charge in [-0.15, -0.1) is 0 Å². The fraction of sp³-hybridized carbons (Fsp3) is 0.500. The van der Waals surface area contributed by atoms with Crippen molar-refractivity contribution in [2.24, 2.45) is 0 Å². The van der Waals surface area contributed by atoms with E-state index in [1.807, 2.05) is 6.07 Å². The lowest BCUT2D eigenvalue weighted by molar-refractivity contribution is -0.115. The van der Waals surface area contributed by atoms with Crippen LogP contribution in [0.4, 0.5) is 5.69 Å². The van der Waals surface area contributed by atoms with E-state index in [1.54, 1.807) is 19.2 Å². The molecule has 1 aromatic carbocycles. The molecule has 6 nitrogen and oxygen atoms in total. The highest BCUT2D eigenvalue weighted by molar-refractivity contribution is 5.92. The Kier molecular flexibility index (Phi) is 5.64. The van der Waals surface area contributed by atoms with Crippen molar-refractivity contribution in [3.05, 3.63) is 18.2 Å². The van der Waals surface area contributed by atoms with Crippen LogP contribution in [0.25, 0.3) is 0 Å². The van der Waals surface area contributed by atoms with Crippen molar-refractivity contribution in [3.8, 4) is 11.5 Å².